The third-order valence-electron chi connectivity index (χ3n) is 6.09. The van der Waals surface area contributed by atoms with E-state index >= 15 is 0 Å². The van der Waals surface area contributed by atoms with E-state index in [-0.39, 0.29) is 23.0 Å². The zero-order valence-electron chi connectivity index (χ0n) is 22.3. The van der Waals surface area contributed by atoms with Crippen LogP contribution in [0.15, 0.2) is 11.6 Å². The first-order chi connectivity index (χ1) is 15.0. The lowest BCUT2D eigenvalue weighted by atomic mass is 10.0. The molecule has 0 aromatic rings. The lowest BCUT2D eigenvalue weighted by Gasteiger charge is -2.21. The lowest BCUT2D eigenvalue weighted by Crippen LogP contribution is -2.33. The van der Waals surface area contributed by atoms with Crippen molar-refractivity contribution in [3.05, 3.63) is 11.6 Å². The molecule has 0 aliphatic rings. The molecule has 3 nitrogen and oxygen atoms in total. The van der Waals surface area contributed by atoms with Crippen molar-refractivity contribution in [1.82, 2.24) is 4.90 Å². The number of ether oxygens (including phenoxy) is 1. The molecule has 0 spiro atoms. The van der Waals surface area contributed by atoms with Gasteiger partial charge in [0.05, 0.1) is 13.2 Å². The van der Waals surface area contributed by atoms with E-state index in [1.54, 1.807) is 0 Å². The maximum absolute atomic E-state index is 12.4. The van der Waals surface area contributed by atoms with Gasteiger partial charge in [-0.25, -0.2) is 0 Å². The quantitative estimate of drug-likeness (QED) is 0.0814. The van der Waals surface area contributed by atoms with Crippen LogP contribution < -0.4 is 0 Å². The Kier molecular flexibility index (Phi) is 26.7. The monoisotopic (exact) mass is 517 g/mol. The Morgan fingerprint density at radius 3 is 1.81 bits per heavy atom. The van der Waals surface area contributed by atoms with Crippen molar-refractivity contribution in [3.8, 4) is 0 Å². The number of halogens is 1. The number of hydrogen-bond donors (Lipinski definition) is 0. The number of unbranched alkanes of at least 4 members (excludes halogenated alkanes) is 10. The Bertz CT molecular complexity index is 419. The first-order valence-corrected chi connectivity index (χ1v) is 13.5. The van der Waals surface area contributed by atoms with Crippen molar-refractivity contribution in [1.29, 1.82) is 0 Å². The van der Waals surface area contributed by atoms with Gasteiger partial charge in [-0.05, 0) is 65.0 Å². The van der Waals surface area contributed by atoms with Gasteiger partial charge in [-0.2, -0.15) is 0 Å². The van der Waals surface area contributed by atoms with Gasteiger partial charge in [0.15, 0.2) is 0 Å². The largest absolute Gasteiger partial charge is 0.465 e. The molecule has 192 valence electrons. The van der Waals surface area contributed by atoms with E-state index in [1.807, 2.05) is 0 Å². The molecule has 0 amide bonds. The summed E-state index contributed by atoms with van der Waals surface area (Å²) in [6.45, 7) is 14.2. The summed E-state index contributed by atoms with van der Waals surface area (Å²) in [5, 5.41) is 0. The first kappa shape index (κ1) is 33.8. The molecule has 4 heteroatoms. The molecule has 0 aliphatic carbocycles. The molecule has 0 saturated carbocycles. The SMILES string of the molecule is Br.CCCCCCCCN(CCCCCCCC)CC(=O)OCCC(C)CCC=C(C)C. The van der Waals surface area contributed by atoms with Gasteiger partial charge in [0.2, 0.25) is 0 Å². The third kappa shape index (κ3) is 24.3. The van der Waals surface area contributed by atoms with Crippen LogP contribution in [0.1, 0.15) is 131 Å². The summed E-state index contributed by atoms with van der Waals surface area (Å²) < 4.78 is 5.59. The average Bonchev–Trinajstić information content (AvgIpc) is 2.72. The maximum atomic E-state index is 12.4. The lowest BCUT2D eigenvalue weighted by molar-refractivity contribution is -0.145. The zero-order chi connectivity index (χ0) is 23.2. The van der Waals surface area contributed by atoms with Crippen LogP contribution in [0, 0.1) is 5.92 Å². The van der Waals surface area contributed by atoms with Crippen molar-refractivity contribution in [3.63, 3.8) is 0 Å². The predicted molar refractivity (Wildman–Crippen MR) is 147 cm³/mol. The fourth-order valence-electron chi connectivity index (χ4n) is 3.90. The van der Waals surface area contributed by atoms with E-state index in [9.17, 15) is 4.79 Å². The molecule has 1 unspecified atom stereocenters. The van der Waals surface area contributed by atoms with E-state index in [2.05, 4.69) is 45.6 Å². The third-order valence-corrected chi connectivity index (χ3v) is 6.09. The molecule has 1 atom stereocenters. The smallest absolute Gasteiger partial charge is 0.320 e. The molecule has 0 aromatic carbocycles. The molecule has 0 aliphatic heterocycles. The highest BCUT2D eigenvalue weighted by atomic mass is 79.9. The Labute approximate surface area is 211 Å². The van der Waals surface area contributed by atoms with Crippen molar-refractivity contribution in [2.75, 3.05) is 26.2 Å². The molecular formula is C28H56BrNO2. The van der Waals surface area contributed by atoms with E-state index in [0.717, 1.165) is 25.9 Å². The molecular weight excluding hydrogens is 462 g/mol. The molecule has 0 radical (unpaired) electrons. The summed E-state index contributed by atoms with van der Waals surface area (Å²) in [5.41, 5.74) is 1.38. The highest BCUT2D eigenvalue weighted by molar-refractivity contribution is 8.93. The molecule has 0 fully saturated rings. The summed E-state index contributed by atoms with van der Waals surface area (Å²) in [7, 11) is 0. The van der Waals surface area contributed by atoms with E-state index in [4.69, 9.17) is 4.74 Å². The number of nitrogens with zero attached hydrogens (tertiary/aromatic N) is 1. The fourth-order valence-corrected chi connectivity index (χ4v) is 3.90. The minimum atomic E-state index is -0.0338. The zero-order valence-corrected chi connectivity index (χ0v) is 24.0. The van der Waals surface area contributed by atoms with Crippen LogP contribution in [-0.2, 0) is 9.53 Å². The van der Waals surface area contributed by atoms with Crippen molar-refractivity contribution < 1.29 is 9.53 Å². The standard InChI is InChI=1S/C28H55NO2.BrH/c1-6-8-10-12-14-16-22-29(23-17-15-13-11-9-7-2)25-28(30)31-24-21-27(5)20-18-19-26(3)4;/h19,27H,6-18,20-25H2,1-5H3;1H. The van der Waals surface area contributed by atoms with E-state index in [1.165, 1.54) is 89.0 Å². The molecule has 0 aromatic heterocycles. The van der Waals surface area contributed by atoms with Gasteiger partial charge >= 0.3 is 5.97 Å². The summed E-state index contributed by atoms with van der Waals surface area (Å²) in [5.74, 6) is 0.569. The van der Waals surface area contributed by atoms with Gasteiger partial charge in [0, 0.05) is 0 Å². The van der Waals surface area contributed by atoms with Crippen molar-refractivity contribution in [2.45, 2.75) is 131 Å². The molecule has 0 bridgehead atoms. The van der Waals surface area contributed by atoms with Gasteiger partial charge < -0.3 is 4.74 Å². The van der Waals surface area contributed by atoms with Crippen molar-refractivity contribution in [2.24, 2.45) is 5.92 Å². The molecule has 0 N–H and O–H groups in total. The van der Waals surface area contributed by atoms with Crippen LogP contribution in [0.2, 0.25) is 0 Å². The van der Waals surface area contributed by atoms with Gasteiger partial charge in [-0.15, -0.1) is 17.0 Å². The normalized spacial score (nSPS) is 11.8. The van der Waals surface area contributed by atoms with Crippen LogP contribution in [0.25, 0.3) is 0 Å². The van der Waals surface area contributed by atoms with Gasteiger partial charge in [0.25, 0.3) is 0 Å². The number of carbonyl (C=O) groups is 1. The second-order valence-electron chi connectivity index (χ2n) is 9.78. The van der Waals surface area contributed by atoms with Gasteiger partial charge in [-0.3, -0.25) is 9.69 Å². The van der Waals surface area contributed by atoms with E-state index in [0.29, 0.717) is 19.1 Å². The van der Waals surface area contributed by atoms with Crippen LogP contribution in [0.5, 0.6) is 0 Å². The highest BCUT2D eigenvalue weighted by Gasteiger charge is 2.12. The summed E-state index contributed by atoms with van der Waals surface area (Å²) in [4.78, 5) is 14.8. The Morgan fingerprint density at radius 2 is 1.31 bits per heavy atom. The van der Waals surface area contributed by atoms with Gasteiger partial charge in [0.1, 0.15) is 0 Å². The number of hydrogen-bond acceptors (Lipinski definition) is 3. The summed E-state index contributed by atoms with van der Waals surface area (Å²) in [6.07, 6.45) is 21.2. The van der Waals surface area contributed by atoms with Crippen LogP contribution in [0.3, 0.4) is 0 Å². The number of allylic oxidation sites excluding steroid dienone is 2. The molecule has 32 heavy (non-hydrogen) atoms. The van der Waals surface area contributed by atoms with Gasteiger partial charge in [-0.1, -0.05) is 96.6 Å². The van der Waals surface area contributed by atoms with E-state index < -0.39 is 0 Å². The molecule has 0 heterocycles. The van der Waals surface area contributed by atoms with Crippen LogP contribution in [0.4, 0.5) is 0 Å². The van der Waals surface area contributed by atoms with Crippen molar-refractivity contribution >= 4 is 23.0 Å². The Hall–Kier alpha value is -0.350. The number of carbonyl (C=O) groups excluding carboxylic acids is 1. The second-order valence-corrected chi connectivity index (χ2v) is 9.78. The summed E-state index contributed by atoms with van der Waals surface area (Å²) >= 11 is 0. The highest BCUT2D eigenvalue weighted by Crippen LogP contribution is 2.12. The molecule has 0 rings (SSSR count). The maximum Gasteiger partial charge on any atom is 0.320 e. The molecule has 0 saturated heterocycles. The predicted octanol–water partition coefficient (Wildman–Crippen LogP) is 8.90. The topological polar surface area (TPSA) is 29.5 Å². The summed E-state index contributed by atoms with van der Waals surface area (Å²) in [6, 6.07) is 0. The minimum Gasteiger partial charge on any atom is -0.465 e. The second kappa shape index (κ2) is 25.3. The fraction of sp³-hybridized carbons (Fsp3) is 0.893. The van der Waals surface area contributed by atoms with Crippen LogP contribution in [-0.4, -0.2) is 37.1 Å². The van der Waals surface area contributed by atoms with Crippen LogP contribution >= 0.6 is 17.0 Å². The number of esters is 1. The Morgan fingerprint density at radius 1 is 0.812 bits per heavy atom. The number of rotatable bonds is 22. The average molecular weight is 519 g/mol. The minimum absolute atomic E-state index is 0. The first-order valence-electron chi connectivity index (χ1n) is 13.5. The Balaban J connectivity index is 0.